The molecule has 0 spiro atoms. The zero-order valence-electron chi connectivity index (χ0n) is 14.2. The molecular formula is C19H26O5. The summed E-state index contributed by atoms with van der Waals surface area (Å²) >= 11 is 0. The molecule has 1 aromatic carbocycles. The van der Waals surface area contributed by atoms with Crippen molar-refractivity contribution < 1.29 is 24.2 Å². The van der Waals surface area contributed by atoms with Crippen LogP contribution >= 0.6 is 0 Å². The van der Waals surface area contributed by atoms with Crippen molar-refractivity contribution in [3.05, 3.63) is 42.5 Å². The molecule has 0 bridgehead atoms. The maximum Gasteiger partial charge on any atom is 0.335 e. The highest BCUT2D eigenvalue weighted by Crippen LogP contribution is 2.15. The van der Waals surface area contributed by atoms with Crippen LogP contribution in [0.15, 0.2) is 36.9 Å². The number of hydrogen-bond acceptors (Lipinski definition) is 4. The van der Waals surface area contributed by atoms with Crippen molar-refractivity contribution >= 4 is 11.9 Å². The van der Waals surface area contributed by atoms with Crippen LogP contribution in [0.2, 0.25) is 0 Å². The van der Waals surface area contributed by atoms with E-state index in [2.05, 4.69) is 13.5 Å². The fraction of sp³-hybridized carbons (Fsp3) is 0.474. The molecule has 1 N–H and O–H groups in total. The number of carbonyl (C=O) groups excluding carboxylic acids is 1. The van der Waals surface area contributed by atoms with Crippen molar-refractivity contribution in [1.82, 2.24) is 0 Å². The zero-order valence-corrected chi connectivity index (χ0v) is 14.2. The normalized spacial score (nSPS) is 11.5. The second-order valence-corrected chi connectivity index (χ2v) is 5.58. The number of benzene rings is 1. The number of carboxylic acid groups (broad SMARTS) is 1. The van der Waals surface area contributed by atoms with Crippen LogP contribution in [0.25, 0.3) is 0 Å². The first kappa shape index (κ1) is 19.7. The van der Waals surface area contributed by atoms with Gasteiger partial charge in [-0.1, -0.05) is 19.9 Å². The molecular weight excluding hydrogens is 308 g/mol. The lowest BCUT2D eigenvalue weighted by Gasteiger charge is -2.16. The highest BCUT2D eigenvalue weighted by atomic mass is 16.5. The van der Waals surface area contributed by atoms with Crippen LogP contribution in [-0.2, 0) is 9.53 Å². The molecule has 0 radical (unpaired) electrons. The van der Waals surface area contributed by atoms with Gasteiger partial charge in [0.2, 0.25) is 0 Å². The van der Waals surface area contributed by atoms with Gasteiger partial charge in [0.15, 0.2) is 0 Å². The number of unbranched alkanes of at least 4 members (excludes halogenated alkanes) is 2. The lowest BCUT2D eigenvalue weighted by atomic mass is 10.1. The van der Waals surface area contributed by atoms with E-state index in [0.717, 1.165) is 38.5 Å². The Morgan fingerprint density at radius 2 is 1.88 bits per heavy atom. The Balaban J connectivity index is 2.19. The van der Waals surface area contributed by atoms with E-state index in [-0.39, 0.29) is 17.6 Å². The van der Waals surface area contributed by atoms with E-state index in [0.29, 0.717) is 12.4 Å². The Morgan fingerprint density at radius 1 is 1.17 bits per heavy atom. The Morgan fingerprint density at radius 3 is 2.46 bits per heavy atom. The lowest BCUT2D eigenvalue weighted by molar-refractivity contribution is -0.143. The van der Waals surface area contributed by atoms with Crippen LogP contribution in [0, 0.1) is 0 Å². The van der Waals surface area contributed by atoms with Gasteiger partial charge in [0, 0.05) is 6.08 Å². The van der Waals surface area contributed by atoms with E-state index in [1.165, 1.54) is 18.2 Å². The maximum atomic E-state index is 11.3. The summed E-state index contributed by atoms with van der Waals surface area (Å²) in [7, 11) is 0. The molecule has 0 fully saturated rings. The fourth-order valence-electron chi connectivity index (χ4n) is 2.33. The van der Waals surface area contributed by atoms with Gasteiger partial charge in [0.25, 0.3) is 0 Å². The highest BCUT2D eigenvalue weighted by molar-refractivity contribution is 5.87. The maximum absolute atomic E-state index is 11.3. The van der Waals surface area contributed by atoms with Crippen molar-refractivity contribution in [2.45, 2.75) is 51.6 Å². The van der Waals surface area contributed by atoms with Gasteiger partial charge in [-0.3, -0.25) is 0 Å². The summed E-state index contributed by atoms with van der Waals surface area (Å²) in [6, 6.07) is 6.38. The Kier molecular flexibility index (Phi) is 9.27. The number of rotatable bonds is 12. The van der Waals surface area contributed by atoms with Gasteiger partial charge in [0.1, 0.15) is 11.9 Å². The summed E-state index contributed by atoms with van der Waals surface area (Å²) in [6.07, 6.45) is 6.71. The van der Waals surface area contributed by atoms with Gasteiger partial charge in [0.05, 0.1) is 12.2 Å². The lowest BCUT2D eigenvalue weighted by Crippen LogP contribution is -2.16. The van der Waals surface area contributed by atoms with E-state index < -0.39 is 5.97 Å². The number of esters is 1. The first-order valence-electron chi connectivity index (χ1n) is 8.36. The van der Waals surface area contributed by atoms with Gasteiger partial charge < -0.3 is 14.6 Å². The minimum absolute atomic E-state index is 0.0371. The van der Waals surface area contributed by atoms with E-state index in [1.54, 1.807) is 12.1 Å². The predicted octanol–water partition coefficient (Wildman–Crippen LogP) is 4.22. The van der Waals surface area contributed by atoms with Crippen LogP contribution in [0.1, 0.15) is 55.8 Å². The molecule has 0 aromatic heterocycles. The van der Waals surface area contributed by atoms with Gasteiger partial charge in [-0.05, 0) is 56.4 Å². The van der Waals surface area contributed by atoms with Crippen LogP contribution in [0.4, 0.5) is 0 Å². The van der Waals surface area contributed by atoms with Crippen molar-refractivity contribution in [1.29, 1.82) is 0 Å². The second kappa shape index (κ2) is 11.3. The zero-order chi connectivity index (χ0) is 17.8. The number of aromatic carboxylic acids is 1. The molecule has 0 aliphatic rings. The van der Waals surface area contributed by atoms with Crippen LogP contribution in [0.3, 0.4) is 0 Å². The summed E-state index contributed by atoms with van der Waals surface area (Å²) in [5.74, 6) is -0.634. The third kappa shape index (κ3) is 7.81. The monoisotopic (exact) mass is 334 g/mol. The number of carboxylic acids is 1. The molecule has 24 heavy (non-hydrogen) atoms. The highest BCUT2D eigenvalue weighted by Gasteiger charge is 2.11. The first-order valence-corrected chi connectivity index (χ1v) is 8.36. The number of ether oxygens (including phenoxy) is 2. The molecule has 0 amide bonds. The SMILES string of the molecule is C=CC(=O)OC(CCC)CCCCCOc1ccc(C(=O)O)cc1. The average Bonchev–Trinajstić information content (AvgIpc) is 2.58. The number of hydrogen-bond donors (Lipinski definition) is 1. The van der Waals surface area contributed by atoms with Gasteiger partial charge in [-0.2, -0.15) is 0 Å². The first-order chi connectivity index (χ1) is 11.6. The minimum atomic E-state index is -0.944. The van der Waals surface area contributed by atoms with Gasteiger partial charge in [-0.15, -0.1) is 0 Å². The summed E-state index contributed by atoms with van der Waals surface area (Å²) in [5.41, 5.74) is 0.249. The van der Waals surface area contributed by atoms with Crippen molar-refractivity contribution in [2.24, 2.45) is 0 Å². The van der Waals surface area contributed by atoms with Crippen LogP contribution in [-0.4, -0.2) is 29.8 Å². The summed E-state index contributed by atoms with van der Waals surface area (Å²) in [6.45, 7) is 6.06. The predicted molar refractivity (Wildman–Crippen MR) is 92.3 cm³/mol. The van der Waals surface area contributed by atoms with E-state index in [4.69, 9.17) is 14.6 Å². The van der Waals surface area contributed by atoms with Gasteiger partial charge >= 0.3 is 11.9 Å². The molecule has 0 heterocycles. The molecule has 5 nitrogen and oxygen atoms in total. The summed E-state index contributed by atoms with van der Waals surface area (Å²) < 4.78 is 10.9. The second-order valence-electron chi connectivity index (χ2n) is 5.58. The molecule has 0 saturated heterocycles. The smallest absolute Gasteiger partial charge is 0.335 e. The molecule has 0 saturated carbocycles. The minimum Gasteiger partial charge on any atom is -0.494 e. The fourth-order valence-corrected chi connectivity index (χ4v) is 2.33. The Labute approximate surface area is 143 Å². The summed E-state index contributed by atoms with van der Waals surface area (Å²) in [4.78, 5) is 22.0. The molecule has 0 aliphatic carbocycles. The van der Waals surface area contributed by atoms with Crippen molar-refractivity contribution in [3.8, 4) is 5.75 Å². The average molecular weight is 334 g/mol. The van der Waals surface area contributed by atoms with Gasteiger partial charge in [-0.25, -0.2) is 9.59 Å². The van der Waals surface area contributed by atoms with E-state index in [9.17, 15) is 9.59 Å². The number of carbonyl (C=O) groups is 2. The topological polar surface area (TPSA) is 72.8 Å². The van der Waals surface area contributed by atoms with Crippen molar-refractivity contribution in [2.75, 3.05) is 6.61 Å². The molecule has 1 unspecified atom stereocenters. The van der Waals surface area contributed by atoms with E-state index in [1.807, 2.05) is 0 Å². The Bertz CT molecular complexity index is 521. The van der Waals surface area contributed by atoms with E-state index >= 15 is 0 Å². The molecule has 1 atom stereocenters. The largest absolute Gasteiger partial charge is 0.494 e. The molecule has 1 rings (SSSR count). The Hall–Kier alpha value is -2.30. The van der Waals surface area contributed by atoms with Crippen molar-refractivity contribution in [3.63, 3.8) is 0 Å². The molecule has 1 aromatic rings. The third-order valence-corrected chi connectivity index (χ3v) is 3.60. The molecule has 132 valence electrons. The molecule has 0 aliphatic heterocycles. The third-order valence-electron chi connectivity index (χ3n) is 3.60. The van der Waals surface area contributed by atoms with Crippen LogP contribution < -0.4 is 4.74 Å². The molecule has 5 heteroatoms. The quantitative estimate of drug-likeness (QED) is 0.352. The standard InChI is InChI=1S/C19H26O5/c1-3-8-17(24-18(20)4-2)9-6-5-7-14-23-16-12-10-15(11-13-16)19(21)22/h4,10-13,17H,2-3,5-9,14H2,1H3,(H,21,22). The van der Waals surface area contributed by atoms with Crippen LogP contribution in [0.5, 0.6) is 5.75 Å². The summed E-state index contributed by atoms with van der Waals surface area (Å²) in [5, 5.41) is 8.82.